The Morgan fingerprint density at radius 1 is 1.24 bits per heavy atom. The van der Waals surface area contributed by atoms with E-state index in [4.69, 9.17) is 4.42 Å². The molecular formula is C18H23NO6. The van der Waals surface area contributed by atoms with E-state index in [2.05, 4.69) is 5.32 Å². The predicted octanol–water partition coefficient (Wildman–Crippen LogP) is 0.908. The van der Waals surface area contributed by atoms with Crippen LogP contribution in [0.1, 0.15) is 30.0 Å². The van der Waals surface area contributed by atoms with E-state index in [1.165, 1.54) is 0 Å². The molecule has 7 nitrogen and oxygen atoms in total. The Morgan fingerprint density at radius 3 is 2.44 bits per heavy atom. The SMILES string of the molecule is CCC(CO)(CO)NC(=O)Cc1c(C)c2c(O)cc(C)cc2oc1=O. The van der Waals surface area contributed by atoms with Gasteiger partial charge in [0.1, 0.15) is 11.3 Å². The monoisotopic (exact) mass is 349 g/mol. The van der Waals surface area contributed by atoms with E-state index in [0.29, 0.717) is 17.4 Å². The molecule has 0 fully saturated rings. The molecule has 7 heteroatoms. The number of carbonyl (C=O) groups excluding carboxylic acids is 1. The lowest BCUT2D eigenvalue weighted by atomic mass is 9.97. The van der Waals surface area contributed by atoms with Crippen LogP contribution >= 0.6 is 0 Å². The number of aromatic hydroxyl groups is 1. The molecule has 136 valence electrons. The number of amides is 1. The highest BCUT2D eigenvalue weighted by atomic mass is 16.4. The smallest absolute Gasteiger partial charge is 0.340 e. The number of aryl methyl sites for hydroxylation is 2. The Bertz CT molecular complexity index is 842. The zero-order valence-corrected chi connectivity index (χ0v) is 14.5. The van der Waals surface area contributed by atoms with Crippen molar-refractivity contribution in [1.82, 2.24) is 5.32 Å². The lowest BCUT2D eigenvalue weighted by molar-refractivity contribution is -0.123. The number of hydrogen-bond acceptors (Lipinski definition) is 6. The van der Waals surface area contributed by atoms with Gasteiger partial charge in [0.05, 0.1) is 36.1 Å². The van der Waals surface area contributed by atoms with Gasteiger partial charge in [-0.15, -0.1) is 0 Å². The largest absolute Gasteiger partial charge is 0.507 e. The van der Waals surface area contributed by atoms with E-state index in [1.54, 1.807) is 32.9 Å². The number of nitrogens with one attached hydrogen (secondary N) is 1. The van der Waals surface area contributed by atoms with Gasteiger partial charge in [-0.3, -0.25) is 4.79 Å². The van der Waals surface area contributed by atoms with Gasteiger partial charge in [-0.05, 0) is 43.5 Å². The summed E-state index contributed by atoms with van der Waals surface area (Å²) in [5, 5.41) is 31.9. The number of aliphatic hydroxyl groups excluding tert-OH is 2. The molecule has 1 amide bonds. The number of aliphatic hydroxyl groups is 2. The van der Waals surface area contributed by atoms with Crippen molar-refractivity contribution in [1.29, 1.82) is 0 Å². The maximum absolute atomic E-state index is 12.3. The van der Waals surface area contributed by atoms with Crippen LogP contribution in [0.5, 0.6) is 5.75 Å². The topological polar surface area (TPSA) is 120 Å². The second-order valence-electron chi connectivity index (χ2n) is 6.33. The molecule has 1 heterocycles. The van der Waals surface area contributed by atoms with Crippen molar-refractivity contribution < 1.29 is 24.5 Å². The Kier molecular flexibility index (Phi) is 5.49. The first-order chi connectivity index (χ1) is 11.8. The van der Waals surface area contributed by atoms with Crippen LogP contribution in [0.25, 0.3) is 11.0 Å². The van der Waals surface area contributed by atoms with E-state index < -0.39 is 30.3 Å². The van der Waals surface area contributed by atoms with Crippen molar-refractivity contribution in [2.45, 2.75) is 39.2 Å². The van der Waals surface area contributed by atoms with Crippen molar-refractivity contribution in [3.63, 3.8) is 0 Å². The molecule has 0 saturated heterocycles. The average Bonchev–Trinajstić information content (AvgIpc) is 2.55. The first kappa shape index (κ1) is 19.0. The summed E-state index contributed by atoms with van der Waals surface area (Å²) in [6, 6.07) is 3.20. The zero-order chi connectivity index (χ0) is 18.8. The lowest BCUT2D eigenvalue weighted by Crippen LogP contribution is -2.54. The molecule has 0 aliphatic carbocycles. The van der Waals surface area contributed by atoms with E-state index in [-0.39, 0.29) is 23.3 Å². The predicted molar refractivity (Wildman–Crippen MR) is 92.7 cm³/mol. The minimum absolute atomic E-state index is 0.0217. The fraction of sp³-hybridized carbons (Fsp3) is 0.444. The molecule has 2 aromatic rings. The third kappa shape index (κ3) is 3.67. The number of carbonyl (C=O) groups is 1. The average molecular weight is 349 g/mol. The highest BCUT2D eigenvalue weighted by Gasteiger charge is 2.29. The van der Waals surface area contributed by atoms with Crippen LogP contribution < -0.4 is 10.9 Å². The molecule has 0 unspecified atom stereocenters. The quantitative estimate of drug-likeness (QED) is 0.575. The van der Waals surface area contributed by atoms with Crippen molar-refractivity contribution in [2.24, 2.45) is 0 Å². The van der Waals surface area contributed by atoms with Gasteiger partial charge in [0.15, 0.2) is 0 Å². The van der Waals surface area contributed by atoms with Gasteiger partial charge in [-0.25, -0.2) is 4.79 Å². The van der Waals surface area contributed by atoms with E-state index in [1.807, 2.05) is 0 Å². The van der Waals surface area contributed by atoms with Crippen LogP contribution in [-0.4, -0.2) is 40.0 Å². The minimum Gasteiger partial charge on any atom is -0.507 e. The number of hydrogen-bond donors (Lipinski definition) is 4. The molecule has 1 aromatic carbocycles. The maximum atomic E-state index is 12.3. The molecule has 4 N–H and O–H groups in total. The van der Waals surface area contributed by atoms with Gasteiger partial charge in [-0.2, -0.15) is 0 Å². The number of benzene rings is 1. The number of rotatable bonds is 6. The molecule has 25 heavy (non-hydrogen) atoms. The molecule has 0 spiro atoms. The molecule has 0 atom stereocenters. The second kappa shape index (κ2) is 7.25. The maximum Gasteiger partial charge on any atom is 0.340 e. The highest BCUT2D eigenvalue weighted by Crippen LogP contribution is 2.30. The lowest BCUT2D eigenvalue weighted by Gasteiger charge is -2.29. The van der Waals surface area contributed by atoms with E-state index >= 15 is 0 Å². The highest BCUT2D eigenvalue weighted by molar-refractivity contribution is 5.89. The molecule has 1 aromatic heterocycles. The normalized spacial score (nSPS) is 11.7. The number of phenols is 1. The second-order valence-corrected chi connectivity index (χ2v) is 6.33. The van der Waals surface area contributed by atoms with Crippen LogP contribution in [0.4, 0.5) is 0 Å². The summed E-state index contributed by atoms with van der Waals surface area (Å²) < 4.78 is 5.25. The van der Waals surface area contributed by atoms with Crippen molar-refractivity contribution in [2.75, 3.05) is 13.2 Å². The fourth-order valence-corrected chi connectivity index (χ4v) is 2.80. The number of phenolic OH excluding ortho intramolecular Hbond substituents is 1. The van der Waals surface area contributed by atoms with Crippen molar-refractivity contribution >= 4 is 16.9 Å². The fourth-order valence-electron chi connectivity index (χ4n) is 2.80. The zero-order valence-electron chi connectivity index (χ0n) is 14.5. The van der Waals surface area contributed by atoms with Crippen molar-refractivity contribution in [3.05, 3.63) is 39.2 Å². The number of fused-ring (bicyclic) bond motifs is 1. The van der Waals surface area contributed by atoms with E-state index in [0.717, 1.165) is 5.56 Å². The molecule has 0 aliphatic heterocycles. The molecule has 0 radical (unpaired) electrons. The van der Waals surface area contributed by atoms with Gasteiger partial charge in [-0.1, -0.05) is 6.92 Å². The first-order valence-electron chi connectivity index (χ1n) is 8.05. The van der Waals surface area contributed by atoms with Gasteiger partial charge in [0.2, 0.25) is 5.91 Å². The van der Waals surface area contributed by atoms with E-state index in [9.17, 15) is 24.9 Å². The van der Waals surface area contributed by atoms with Crippen LogP contribution in [0, 0.1) is 13.8 Å². The van der Waals surface area contributed by atoms with Crippen LogP contribution in [0.2, 0.25) is 0 Å². The molecule has 0 aliphatic rings. The third-order valence-electron chi connectivity index (χ3n) is 4.53. The van der Waals surface area contributed by atoms with Crippen LogP contribution in [-0.2, 0) is 11.2 Å². The van der Waals surface area contributed by atoms with Crippen LogP contribution in [0.15, 0.2) is 21.3 Å². The van der Waals surface area contributed by atoms with Gasteiger partial charge >= 0.3 is 5.63 Å². The Hall–Kier alpha value is -2.38. The Balaban J connectivity index is 2.42. The Labute approximate surface area is 144 Å². The summed E-state index contributed by atoms with van der Waals surface area (Å²) in [5.41, 5.74) is -0.185. The molecule has 0 saturated carbocycles. The summed E-state index contributed by atoms with van der Waals surface area (Å²) in [5.74, 6) is -0.544. The minimum atomic E-state index is -1.14. The summed E-state index contributed by atoms with van der Waals surface area (Å²) in [4.78, 5) is 24.6. The van der Waals surface area contributed by atoms with Gasteiger partial charge < -0.3 is 25.1 Å². The van der Waals surface area contributed by atoms with Crippen LogP contribution in [0.3, 0.4) is 0 Å². The van der Waals surface area contributed by atoms with Gasteiger partial charge in [0, 0.05) is 0 Å². The summed E-state index contributed by atoms with van der Waals surface area (Å²) in [7, 11) is 0. The third-order valence-corrected chi connectivity index (χ3v) is 4.53. The first-order valence-corrected chi connectivity index (χ1v) is 8.05. The summed E-state index contributed by atoms with van der Waals surface area (Å²) in [6.07, 6.45) is 0.0519. The Morgan fingerprint density at radius 2 is 1.88 bits per heavy atom. The standard InChI is InChI=1S/C18H23NO6/c1-4-18(8-20,9-21)19-15(23)7-12-11(3)16-13(22)5-10(2)6-14(16)25-17(12)24/h5-6,20-22H,4,7-9H2,1-3H3,(H,19,23). The molecular weight excluding hydrogens is 326 g/mol. The summed E-state index contributed by atoms with van der Waals surface area (Å²) in [6.45, 7) is 4.29. The van der Waals surface area contributed by atoms with Crippen molar-refractivity contribution in [3.8, 4) is 5.75 Å². The molecule has 0 bridgehead atoms. The molecule has 2 rings (SSSR count). The summed E-state index contributed by atoms with van der Waals surface area (Å²) >= 11 is 0. The van der Waals surface area contributed by atoms with Gasteiger partial charge in [0.25, 0.3) is 0 Å².